The minimum Gasteiger partial charge on any atom is -0.436 e. The van der Waals surface area contributed by atoms with E-state index in [1.807, 2.05) is 66.7 Å². The van der Waals surface area contributed by atoms with Gasteiger partial charge in [0.25, 0.3) is 0 Å². The van der Waals surface area contributed by atoms with Crippen molar-refractivity contribution in [2.24, 2.45) is 0 Å². The predicted molar refractivity (Wildman–Crippen MR) is 174 cm³/mol. The summed E-state index contributed by atoms with van der Waals surface area (Å²) in [5, 5.41) is 0. The number of oxazole rings is 2. The Bertz CT molecular complexity index is 2050. The fourth-order valence-electron chi connectivity index (χ4n) is 4.90. The SMILES string of the molecule is Brc1cc(Br)c2nc(-c3ccc(-c4ccccc4)c(-c4ccccc4)c3-c3nc4c(Br)cc(Br)cc4o3)oc2c1. The lowest BCUT2D eigenvalue weighted by Gasteiger charge is -2.17. The topological polar surface area (TPSA) is 52.1 Å². The number of fused-ring (bicyclic) bond motifs is 2. The Labute approximate surface area is 263 Å². The van der Waals surface area contributed by atoms with Gasteiger partial charge in [-0.1, -0.05) is 98.6 Å². The van der Waals surface area contributed by atoms with Gasteiger partial charge in [-0.25, -0.2) is 9.97 Å². The minimum atomic E-state index is 0.475. The molecular formula is C32H16Br4N2O2. The standard InChI is InChI=1S/C32H16Br4N2O2/c33-19-13-23(35)29-25(15-19)39-31(37-29)22-12-11-21(17-7-3-1-4-8-17)27(18-9-5-2-6-10-18)28(22)32-38-30-24(36)14-20(34)16-26(30)40-32/h1-16H. The van der Waals surface area contributed by atoms with Crippen molar-refractivity contribution >= 4 is 85.9 Å². The molecule has 0 atom stereocenters. The number of nitrogens with zero attached hydrogens (tertiary/aromatic N) is 2. The molecule has 0 N–H and O–H groups in total. The second-order valence-corrected chi connectivity index (χ2v) is 12.7. The van der Waals surface area contributed by atoms with Gasteiger partial charge >= 0.3 is 0 Å². The van der Waals surface area contributed by atoms with Crippen LogP contribution in [0.5, 0.6) is 0 Å². The van der Waals surface area contributed by atoms with Crippen LogP contribution in [0.1, 0.15) is 0 Å². The molecule has 2 aromatic heterocycles. The highest BCUT2D eigenvalue weighted by molar-refractivity contribution is 9.11. The fraction of sp³-hybridized carbons (Fsp3) is 0. The lowest BCUT2D eigenvalue weighted by molar-refractivity contribution is 0.611. The molecule has 7 rings (SSSR count). The van der Waals surface area contributed by atoms with Crippen LogP contribution in [0.25, 0.3) is 67.4 Å². The first-order chi connectivity index (χ1) is 19.5. The van der Waals surface area contributed by atoms with Gasteiger partial charge < -0.3 is 8.83 Å². The minimum absolute atomic E-state index is 0.475. The third kappa shape index (κ3) is 4.57. The summed E-state index contributed by atoms with van der Waals surface area (Å²) >= 11 is 14.4. The van der Waals surface area contributed by atoms with Crippen molar-refractivity contribution in [1.29, 1.82) is 0 Å². The van der Waals surface area contributed by atoms with E-state index >= 15 is 0 Å². The van der Waals surface area contributed by atoms with Crippen molar-refractivity contribution in [3.05, 3.63) is 115 Å². The molecule has 0 spiro atoms. The molecule has 0 aliphatic heterocycles. The molecular weight excluding hydrogens is 764 g/mol. The van der Waals surface area contributed by atoms with E-state index < -0.39 is 0 Å². The van der Waals surface area contributed by atoms with E-state index in [4.69, 9.17) is 18.8 Å². The van der Waals surface area contributed by atoms with Crippen LogP contribution in [0.15, 0.2) is 124 Å². The molecule has 0 fully saturated rings. The average molecular weight is 780 g/mol. The van der Waals surface area contributed by atoms with Crippen LogP contribution in [0, 0.1) is 0 Å². The Morgan fingerprint density at radius 2 is 0.975 bits per heavy atom. The lowest BCUT2D eigenvalue weighted by atomic mass is 9.87. The molecule has 194 valence electrons. The molecule has 4 nitrogen and oxygen atoms in total. The summed E-state index contributed by atoms with van der Waals surface area (Å²) in [5.74, 6) is 0.950. The van der Waals surface area contributed by atoms with E-state index in [0.29, 0.717) is 22.9 Å². The smallest absolute Gasteiger partial charge is 0.228 e. The maximum Gasteiger partial charge on any atom is 0.228 e. The summed E-state index contributed by atoms with van der Waals surface area (Å²) in [6.07, 6.45) is 0. The van der Waals surface area contributed by atoms with Crippen molar-refractivity contribution < 1.29 is 8.83 Å². The van der Waals surface area contributed by atoms with Crippen molar-refractivity contribution in [3.8, 4) is 45.2 Å². The van der Waals surface area contributed by atoms with Gasteiger partial charge in [0.05, 0.1) is 11.1 Å². The van der Waals surface area contributed by atoms with Crippen LogP contribution < -0.4 is 0 Å². The van der Waals surface area contributed by atoms with Crippen LogP contribution in [0.4, 0.5) is 0 Å². The quantitative estimate of drug-likeness (QED) is 0.179. The zero-order chi connectivity index (χ0) is 27.4. The Morgan fingerprint density at radius 3 is 1.57 bits per heavy atom. The van der Waals surface area contributed by atoms with Crippen molar-refractivity contribution in [2.45, 2.75) is 0 Å². The first-order valence-corrected chi connectivity index (χ1v) is 15.4. The third-order valence-electron chi connectivity index (χ3n) is 6.62. The molecule has 0 radical (unpaired) electrons. The number of benzene rings is 5. The normalized spacial score (nSPS) is 11.5. The molecule has 0 aliphatic carbocycles. The van der Waals surface area contributed by atoms with Crippen LogP contribution in [-0.2, 0) is 0 Å². The highest BCUT2D eigenvalue weighted by Gasteiger charge is 2.26. The molecule has 0 amide bonds. The lowest BCUT2D eigenvalue weighted by Crippen LogP contribution is -1.95. The summed E-state index contributed by atoms with van der Waals surface area (Å²) < 4.78 is 16.3. The highest BCUT2D eigenvalue weighted by atomic mass is 79.9. The van der Waals surface area contributed by atoms with E-state index in [0.717, 1.165) is 62.3 Å². The van der Waals surface area contributed by atoms with Crippen LogP contribution in [0.3, 0.4) is 0 Å². The molecule has 0 saturated heterocycles. The van der Waals surface area contributed by atoms with Gasteiger partial charge in [0, 0.05) is 23.5 Å². The second kappa shape index (κ2) is 10.4. The predicted octanol–water partition coefficient (Wildman–Crippen LogP) is 11.7. The zero-order valence-electron chi connectivity index (χ0n) is 20.5. The Balaban J connectivity index is 1.61. The van der Waals surface area contributed by atoms with Crippen molar-refractivity contribution in [2.75, 3.05) is 0 Å². The Hall–Kier alpha value is -3.04. The van der Waals surface area contributed by atoms with Gasteiger partial charge in [0.1, 0.15) is 11.0 Å². The summed E-state index contributed by atoms with van der Waals surface area (Å²) in [5.41, 5.74) is 8.52. The highest BCUT2D eigenvalue weighted by Crippen LogP contribution is 2.47. The summed E-state index contributed by atoms with van der Waals surface area (Å²) in [6.45, 7) is 0. The second-order valence-electron chi connectivity index (χ2n) is 9.15. The summed E-state index contributed by atoms with van der Waals surface area (Å²) in [4.78, 5) is 9.91. The number of hydrogen-bond acceptors (Lipinski definition) is 4. The van der Waals surface area contributed by atoms with Crippen LogP contribution in [-0.4, -0.2) is 9.97 Å². The first kappa shape index (κ1) is 25.9. The molecule has 0 saturated carbocycles. The van der Waals surface area contributed by atoms with Gasteiger partial charge in [-0.05, 0) is 78.9 Å². The van der Waals surface area contributed by atoms with Gasteiger partial charge in [-0.15, -0.1) is 0 Å². The third-order valence-corrected chi connectivity index (χ3v) is 8.75. The van der Waals surface area contributed by atoms with E-state index in [1.54, 1.807) is 0 Å². The van der Waals surface area contributed by atoms with E-state index in [9.17, 15) is 0 Å². The molecule has 0 unspecified atom stereocenters. The van der Waals surface area contributed by atoms with Gasteiger partial charge in [0.15, 0.2) is 11.2 Å². The Morgan fingerprint density at radius 1 is 0.475 bits per heavy atom. The molecule has 40 heavy (non-hydrogen) atoms. The Kier molecular flexibility index (Phi) is 6.74. The van der Waals surface area contributed by atoms with E-state index in [1.165, 1.54) is 0 Å². The monoisotopic (exact) mass is 776 g/mol. The summed E-state index contributed by atoms with van der Waals surface area (Å²) in [6, 6.07) is 32.5. The van der Waals surface area contributed by atoms with Gasteiger partial charge in [0.2, 0.25) is 11.8 Å². The summed E-state index contributed by atoms with van der Waals surface area (Å²) in [7, 11) is 0. The maximum absolute atomic E-state index is 6.49. The fourth-order valence-corrected chi connectivity index (χ4v) is 7.45. The zero-order valence-corrected chi connectivity index (χ0v) is 26.8. The van der Waals surface area contributed by atoms with Crippen molar-refractivity contribution in [1.82, 2.24) is 9.97 Å². The molecule has 5 aromatic carbocycles. The number of hydrogen-bond donors (Lipinski definition) is 0. The van der Waals surface area contributed by atoms with Crippen LogP contribution in [0.2, 0.25) is 0 Å². The van der Waals surface area contributed by atoms with Gasteiger partial charge in [-0.2, -0.15) is 0 Å². The molecule has 7 aromatic rings. The number of aromatic nitrogens is 2. The average Bonchev–Trinajstić information content (AvgIpc) is 3.58. The largest absolute Gasteiger partial charge is 0.436 e. The number of halogens is 4. The molecule has 0 aliphatic rings. The molecule has 2 heterocycles. The molecule has 0 bridgehead atoms. The van der Waals surface area contributed by atoms with E-state index in [2.05, 4.69) is 94.1 Å². The van der Waals surface area contributed by atoms with Gasteiger partial charge in [-0.3, -0.25) is 0 Å². The van der Waals surface area contributed by atoms with E-state index in [-0.39, 0.29) is 0 Å². The van der Waals surface area contributed by atoms with Crippen LogP contribution >= 0.6 is 63.7 Å². The van der Waals surface area contributed by atoms with Crippen molar-refractivity contribution in [3.63, 3.8) is 0 Å². The maximum atomic E-state index is 6.49. The molecule has 8 heteroatoms. The first-order valence-electron chi connectivity index (χ1n) is 12.3. The number of rotatable bonds is 4.